The number of nitrogens with zero attached hydrogens (tertiary/aromatic N) is 1. The maximum Gasteiger partial charge on any atom is 0.264 e. The lowest BCUT2D eigenvalue weighted by molar-refractivity contribution is -0.136. The van der Waals surface area contributed by atoms with E-state index in [-0.39, 0.29) is 29.9 Å². The van der Waals surface area contributed by atoms with Crippen LogP contribution in [0, 0.1) is 5.92 Å². The summed E-state index contributed by atoms with van der Waals surface area (Å²) >= 11 is 0. The predicted molar refractivity (Wildman–Crippen MR) is 89.8 cm³/mol. The lowest BCUT2D eigenvalue weighted by atomic mass is 10.0. The molecule has 0 aromatic heterocycles. The number of carbonyl (C=O) groups is 4. The minimum Gasteiger partial charge on any atom is -0.384 e. The molecule has 1 aromatic carbocycles. The number of imide groups is 2. The summed E-state index contributed by atoms with van der Waals surface area (Å²) in [7, 11) is 0. The predicted octanol–water partition coefficient (Wildman–Crippen LogP) is 0.0945. The quantitative estimate of drug-likeness (QED) is 0.651. The maximum absolute atomic E-state index is 12.8. The van der Waals surface area contributed by atoms with Crippen LogP contribution in [0.4, 0.5) is 5.69 Å². The number of hydrogen-bond donors (Lipinski definition) is 3. The zero-order valence-electron chi connectivity index (χ0n) is 13.9. The Kier molecular flexibility index (Phi) is 4.54. The molecule has 4 amide bonds. The molecule has 1 aromatic rings. The van der Waals surface area contributed by atoms with Crippen molar-refractivity contribution in [3.05, 3.63) is 29.3 Å². The van der Waals surface area contributed by atoms with E-state index in [0.29, 0.717) is 18.8 Å². The number of piperidine rings is 1. The molecule has 0 spiro atoms. The van der Waals surface area contributed by atoms with E-state index in [1.54, 1.807) is 18.2 Å². The highest BCUT2D eigenvalue weighted by Crippen LogP contribution is 2.32. The Morgan fingerprint density at radius 2 is 2.04 bits per heavy atom. The highest BCUT2D eigenvalue weighted by Gasteiger charge is 2.45. The highest BCUT2D eigenvalue weighted by atomic mass is 16.2. The zero-order chi connectivity index (χ0) is 18.1. The Hall–Kier alpha value is -2.74. The molecule has 2 aliphatic rings. The van der Waals surface area contributed by atoms with Gasteiger partial charge in [0.1, 0.15) is 6.04 Å². The molecular formula is C17H20N4O4. The number of fused-ring (bicyclic) bond motifs is 1. The summed E-state index contributed by atoms with van der Waals surface area (Å²) in [6, 6.07) is 4.02. The fourth-order valence-corrected chi connectivity index (χ4v) is 3.03. The van der Waals surface area contributed by atoms with E-state index in [2.05, 4.69) is 10.6 Å². The van der Waals surface area contributed by atoms with Crippen molar-refractivity contribution in [2.45, 2.75) is 25.8 Å². The van der Waals surface area contributed by atoms with E-state index in [9.17, 15) is 19.2 Å². The van der Waals surface area contributed by atoms with Crippen LogP contribution in [0.15, 0.2) is 18.2 Å². The molecule has 1 fully saturated rings. The van der Waals surface area contributed by atoms with Crippen LogP contribution in [0.25, 0.3) is 0 Å². The summed E-state index contributed by atoms with van der Waals surface area (Å²) < 4.78 is 0. The molecular weight excluding hydrogens is 324 g/mol. The molecule has 8 heteroatoms. The number of amides is 4. The third-order valence-electron chi connectivity index (χ3n) is 4.51. The Bertz CT molecular complexity index is 761. The summed E-state index contributed by atoms with van der Waals surface area (Å²) in [5.74, 6) is -1.83. The molecule has 8 nitrogen and oxygen atoms in total. The first kappa shape index (κ1) is 17.1. The lowest BCUT2D eigenvalue weighted by Gasteiger charge is -2.27. The van der Waals surface area contributed by atoms with Crippen molar-refractivity contribution in [3.63, 3.8) is 0 Å². The Morgan fingerprint density at radius 3 is 2.72 bits per heavy atom. The number of benzene rings is 1. The second kappa shape index (κ2) is 6.64. The first-order valence-electron chi connectivity index (χ1n) is 8.22. The van der Waals surface area contributed by atoms with Gasteiger partial charge in [-0.2, -0.15) is 0 Å². The summed E-state index contributed by atoms with van der Waals surface area (Å²) in [5, 5.41) is 5.34. The summed E-state index contributed by atoms with van der Waals surface area (Å²) in [5.41, 5.74) is 6.68. The molecule has 3 rings (SSSR count). The molecule has 1 unspecified atom stereocenters. The second-order valence-electron chi connectivity index (χ2n) is 6.40. The summed E-state index contributed by atoms with van der Waals surface area (Å²) in [6.07, 6.45) is 0.242. The van der Waals surface area contributed by atoms with Gasteiger partial charge in [0.05, 0.1) is 11.1 Å². The van der Waals surface area contributed by atoms with E-state index in [4.69, 9.17) is 5.73 Å². The standard InChI is InChI=1S/C17H20N4O4/c1-9(7-18)8-19-11-4-2-3-10-14(11)17(25)21(16(10)24)12-5-6-13(22)20-15(12)23/h2-4,9,12,19H,5-8,18H2,1H3,(H,20,22,23)/t9-,12?/m1/s1. The second-order valence-corrected chi connectivity index (χ2v) is 6.40. The van der Waals surface area contributed by atoms with Crippen molar-refractivity contribution in [3.8, 4) is 0 Å². The first-order chi connectivity index (χ1) is 11.9. The number of nitrogens with two attached hydrogens (primary N) is 1. The maximum atomic E-state index is 12.8. The van der Waals surface area contributed by atoms with Crippen molar-refractivity contribution in [2.24, 2.45) is 11.7 Å². The van der Waals surface area contributed by atoms with Gasteiger partial charge in [0.15, 0.2) is 0 Å². The van der Waals surface area contributed by atoms with E-state index in [1.165, 1.54) is 0 Å². The smallest absolute Gasteiger partial charge is 0.264 e. The average Bonchev–Trinajstić information content (AvgIpc) is 2.85. The first-order valence-corrected chi connectivity index (χ1v) is 8.22. The topological polar surface area (TPSA) is 122 Å². The molecule has 132 valence electrons. The van der Waals surface area contributed by atoms with Gasteiger partial charge < -0.3 is 11.1 Å². The Morgan fingerprint density at radius 1 is 1.28 bits per heavy atom. The van der Waals surface area contributed by atoms with Crippen molar-refractivity contribution in [1.82, 2.24) is 10.2 Å². The van der Waals surface area contributed by atoms with Gasteiger partial charge in [0.25, 0.3) is 11.8 Å². The van der Waals surface area contributed by atoms with Crippen LogP contribution in [0.1, 0.15) is 40.5 Å². The van der Waals surface area contributed by atoms with Crippen molar-refractivity contribution < 1.29 is 19.2 Å². The number of carbonyl (C=O) groups excluding carboxylic acids is 4. The van der Waals surface area contributed by atoms with Gasteiger partial charge >= 0.3 is 0 Å². The van der Waals surface area contributed by atoms with Crippen molar-refractivity contribution >= 4 is 29.3 Å². The summed E-state index contributed by atoms with van der Waals surface area (Å²) in [4.78, 5) is 49.9. The van der Waals surface area contributed by atoms with Gasteiger partial charge in [0, 0.05) is 18.7 Å². The molecule has 0 saturated carbocycles. The van der Waals surface area contributed by atoms with Gasteiger partial charge in [0.2, 0.25) is 11.8 Å². The fraction of sp³-hybridized carbons (Fsp3) is 0.412. The number of rotatable bonds is 5. The van der Waals surface area contributed by atoms with Crippen LogP contribution >= 0.6 is 0 Å². The monoisotopic (exact) mass is 344 g/mol. The highest BCUT2D eigenvalue weighted by molar-refractivity contribution is 6.25. The Labute approximate surface area is 144 Å². The minimum atomic E-state index is -0.957. The molecule has 0 radical (unpaired) electrons. The number of hydrogen-bond acceptors (Lipinski definition) is 6. The van der Waals surface area contributed by atoms with Crippen LogP contribution in [0.2, 0.25) is 0 Å². The molecule has 2 heterocycles. The molecule has 0 bridgehead atoms. The largest absolute Gasteiger partial charge is 0.384 e. The molecule has 2 atom stereocenters. The third kappa shape index (κ3) is 3.00. The zero-order valence-corrected chi connectivity index (χ0v) is 13.9. The molecule has 25 heavy (non-hydrogen) atoms. The van der Waals surface area contributed by atoms with Crippen LogP contribution in [0.5, 0.6) is 0 Å². The van der Waals surface area contributed by atoms with E-state index in [0.717, 1.165) is 4.90 Å². The summed E-state index contributed by atoms with van der Waals surface area (Å²) in [6.45, 7) is 3.03. The lowest BCUT2D eigenvalue weighted by Crippen LogP contribution is -2.54. The van der Waals surface area contributed by atoms with Crippen LogP contribution in [-0.4, -0.2) is 47.7 Å². The van der Waals surface area contributed by atoms with Gasteiger partial charge in [-0.15, -0.1) is 0 Å². The van der Waals surface area contributed by atoms with Gasteiger partial charge in [-0.3, -0.25) is 29.4 Å². The normalized spacial score (nSPS) is 21.2. The van der Waals surface area contributed by atoms with E-state index in [1.807, 2.05) is 6.92 Å². The van der Waals surface area contributed by atoms with E-state index < -0.39 is 29.7 Å². The van der Waals surface area contributed by atoms with Gasteiger partial charge in [-0.05, 0) is 31.0 Å². The fourth-order valence-electron chi connectivity index (χ4n) is 3.03. The van der Waals surface area contributed by atoms with Gasteiger partial charge in [-0.1, -0.05) is 13.0 Å². The van der Waals surface area contributed by atoms with Crippen molar-refractivity contribution in [1.29, 1.82) is 0 Å². The molecule has 2 aliphatic heterocycles. The molecule has 0 aliphatic carbocycles. The molecule has 4 N–H and O–H groups in total. The minimum absolute atomic E-state index is 0.100. The Balaban J connectivity index is 1.89. The number of anilines is 1. The van der Waals surface area contributed by atoms with Crippen LogP contribution in [-0.2, 0) is 9.59 Å². The SMILES string of the molecule is C[C@H](CN)CNc1cccc2c1C(=O)N(C1CCC(=O)NC1=O)C2=O. The van der Waals surface area contributed by atoms with Gasteiger partial charge in [-0.25, -0.2) is 0 Å². The molecule has 1 saturated heterocycles. The van der Waals surface area contributed by atoms with Crippen LogP contribution < -0.4 is 16.4 Å². The number of nitrogens with one attached hydrogen (secondary N) is 2. The average molecular weight is 344 g/mol. The van der Waals surface area contributed by atoms with Crippen LogP contribution in [0.3, 0.4) is 0 Å². The van der Waals surface area contributed by atoms with E-state index >= 15 is 0 Å². The third-order valence-corrected chi connectivity index (χ3v) is 4.51. The van der Waals surface area contributed by atoms with Crippen molar-refractivity contribution in [2.75, 3.05) is 18.4 Å².